The van der Waals surface area contributed by atoms with Gasteiger partial charge in [-0.3, -0.25) is 0 Å². The van der Waals surface area contributed by atoms with Gasteiger partial charge in [0.15, 0.2) is 0 Å². The van der Waals surface area contributed by atoms with E-state index in [-0.39, 0.29) is 12.6 Å². The van der Waals surface area contributed by atoms with Crippen molar-refractivity contribution in [3.05, 3.63) is 35.9 Å². The second-order valence-corrected chi connectivity index (χ2v) is 6.56. The molecule has 0 aliphatic carbocycles. The lowest BCUT2D eigenvalue weighted by molar-refractivity contribution is 0.0476. The number of ether oxygens (including phenoxy) is 2. The van der Waals surface area contributed by atoms with Crippen LogP contribution in [0.5, 0.6) is 0 Å². The van der Waals surface area contributed by atoms with Gasteiger partial charge in [-0.1, -0.05) is 30.3 Å². The quantitative estimate of drug-likeness (QED) is 0.685. The van der Waals surface area contributed by atoms with Gasteiger partial charge in [-0.25, -0.2) is 4.79 Å². The van der Waals surface area contributed by atoms with Gasteiger partial charge in [0.25, 0.3) is 0 Å². The summed E-state index contributed by atoms with van der Waals surface area (Å²) in [6.45, 7) is 6.61. The Bertz CT molecular complexity index is 442. The summed E-state index contributed by atoms with van der Waals surface area (Å²) in [6.07, 6.45) is 1.97. The van der Waals surface area contributed by atoms with Crippen molar-refractivity contribution in [2.75, 3.05) is 13.2 Å². The van der Waals surface area contributed by atoms with Gasteiger partial charge in [-0.15, -0.1) is 0 Å². The zero-order chi connectivity index (χ0) is 17.1. The normalized spacial score (nSPS) is 12.7. The number of aliphatic hydroxyl groups excluding tert-OH is 1. The molecule has 5 nitrogen and oxygen atoms in total. The van der Waals surface area contributed by atoms with E-state index in [9.17, 15) is 9.90 Å². The van der Waals surface area contributed by atoms with Crippen LogP contribution in [0.2, 0.25) is 0 Å². The molecule has 1 aromatic rings. The van der Waals surface area contributed by atoms with Crippen LogP contribution in [0.1, 0.15) is 45.6 Å². The van der Waals surface area contributed by atoms with E-state index >= 15 is 0 Å². The van der Waals surface area contributed by atoms with Crippen molar-refractivity contribution in [2.24, 2.45) is 0 Å². The highest BCUT2D eigenvalue weighted by Gasteiger charge is 2.18. The molecule has 0 saturated carbocycles. The summed E-state index contributed by atoms with van der Waals surface area (Å²) in [6, 6.07) is 9.76. The van der Waals surface area contributed by atoms with Gasteiger partial charge in [0.2, 0.25) is 0 Å². The Morgan fingerprint density at radius 3 is 2.52 bits per heavy atom. The number of carbonyl (C=O) groups is 1. The Balaban J connectivity index is 2.11. The SMILES string of the molecule is CC(C)(C)OC(=O)N[C@@H](CO)CCCCOCc1ccccc1. The fraction of sp³-hybridized carbons (Fsp3) is 0.611. The van der Waals surface area contributed by atoms with Gasteiger partial charge in [-0.2, -0.15) is 0 Å². The highest BCUT2D eigenvalue weighted by atomic mass is 16.6. The van der Waals surface area contributed by atoms with Crippen molar-refractivity contribution in [1.29, 1.82) is 0 Å². The monoisotopic (exact) mass is 323 g/mol. The van der Waals surface area contributed by atoms with Crippen LogP contribution in [0.3, 0.4) is 0 Å². The van der Waals surface area contributed by atoms with E-state index in [0.29, 0.717) is 19.6 Å². The third-order valence-electron chi connectivity index (χ3n) is 3.14. The van der Waals surface area contributed by atoms with Crippen LogP contribution in [-0.2, 0) is 16.1 Å². The first-order valence-corrected chi connectivity index (χ1v) is 8.13. The number of benzene rings is 1. The molecule has 0 radical (unpaired) electrons. The average Bonchev–Trinajstić information content (AvgIpc) is 2.48. The predicted molar refractivity (Wildman–Crippen MR) is 90.2 cm³/mol. The molecule has 0 fully saturated rings. The number of hydrogen-bond donors (Lipinski definition) is 2. The van der Waals surface area contributed by atoms with Crippen LogP contribution < -0.4 is 5.32 Å². The molecule has 0 spiro atoms. The van der Waals surface area contributed by atoms with Crippen LogP contribution in [0.4, 0.5) is 4.79 Å². The van der Waals surface area contributed by atoms with Crippen LogP contribution in [0, 0.1) is 0 Å². The number of aliphatic hydroxyl groups is 1. The van der Waals surface area contributed by atoms with Crippen molar-refractivity contribution in [3.8, 4) is 0 Å². The fourth-order valence-corrected chi connectivity index (χ4v) is 2.04. The summed E-state index contributed by atoms with van der Waals surface area (Å²) in [5.74, 6) is 0. The van der Waals surface area contributed by atoms with Crippen molar-refractivity contribution in [3.63, 3.8) is 0 Å². The van der Waals surface area contributed by atoms with Crippen molar-refractivity contribution >= 4 is 6.09 Å². The largest absolute Gasteiger partial charge is 0.444 e. The van der Waals surface area contributed by atoms with Gasteiger partial charge in [0.05, 0.1) is 19.3 Å². The Kier molecular flexibility index (Phi) is 8.66. The summed E-state index contributed by atoms with van der Waals surface area (Å²) < 4.78 is 10.8. The van der Waals surface area contributed by atoms with Crippen molar-refractivity contribution in [2.45, 2.75) is 58.3 Å². The molecule has 23 heavy (non-hydrogen) atoms. The number of unbranched alkanes of at least 4 members (excludes halogenated alkanes) is 1. The standard InChI is InChI=1S/C18H29NO4/c1-18(2,3)23-17(21)19-16(13-20)11-7-8-12-22-14-15-9-5-4-6-10-15/h4-6,9-10,16,20H,7-8,11-14H2,1-3H3,(H,19,21)/t16-/m1/s1. The minimum Gasteiger partial charge on any atom is -0.444 e. The molecular weight excluding hydrogens is 294 g/mol. The van der Waals surface area contributed by atoms with Crippen LogP contribution in [0.15, 0.2) is 30.3 Å². The minimum atomic E-state index is -0.532. The van der Waals surface area contributed by atoms with Gasteiger partial charge in [0.1, 0.15) is 5.60 Å². The second-order valence-electron chi connectivity index (χ2n) is 6.56. The van der Waals surface area contributed by atoms with E-state index in [4.69, 9.17) is 9.47 Å². The third-order valence-corrected chi connectivity index (χ3v) is 3.14. The highest BCUT2D eigenvalue weighted by molar-refractivity contribution is 5.68. The Hall–Kier alpha value is -1.59. The van der Waals surface area contributed by atoms with Gasteiger partial charge < -0.3 is 19.9 Å². The number of amides is 1. The van der Waals surface area contributed by atoms with Gasteiger partial charge in [-0.05, 0) is 45.6 Å². The minimum absolute atomic E-state index is 0.0931. The lowest BCUT2D eigenvalue weighted by Crippen LogP contribution is -2.41. The van der Waals surface area contributed by atoms with Gasteiger partial charge in [0, 0.05) is 6.61 Å². The second kappa shape index (κ2) is 10.2. The first-order valence-electron chi connectivity index (χ1n) is 8.13. The maximum atomic E-state index is 11.7. The smallest absolute Gasteiger partial charge is 0.407 e. The molecule has 0 unspecified atom stereocenters. The summed E-state index contributed by atoms with van der Waals surface area (Å²) in [5, 5.41) is 12.0. The first kappa shape index (κ1) is 19.5. The van der Waals surface area contributed by atoms with E-state index in [1.165, 1.54) is 0 Å². The number of hydrogen-bond acceptors (Lipinski definition) is 4. The number of nitrogens with one attached hydrogen (secondary N) is 1. The van der Waals surface area contributed by atoms with Crippen molar-refractivity contribution in [1.82, 2.24) is 5.32 Å². The molecule has 0 saturated heterocycles. The Morgan fingerprint density at radius 1 is 1.22 bits per heavy atom. The Morgan fingerprint density at radius 2 is 1.91 bits per heavy atom. The van der Waals surface area contributed by atoms with E-state index in [1.54, 1.807) is 0 Å². The topological polar surface area (TPSA) is 67.8 Å². The zero-order valence-electron chi connectivity index (χ0n) is 14.4. The number of carbonyl (C=O) groups excluding carboxylic acids is 1. The first-order chi connectivity index (χ1) is 10.9. The van der Waals surface area contributed by atoms with E-state index in [1.807, 2.05) is 51.1 Å². The van der Waals surface area contributed by atoms with Crippen LogP contribution >= 0.6 is 0 Å². The maximum Gasteiger partial charge on any atom is 0.407 e. The molecule has 1 amide bonds. The van der Waals surface area contributed by atoms with Gasteiger partial charge >= 0.3 is 6.09 Å². The number of alkyl carbamates (subject to hydrolysis) is 1. The molecule has 0 heterocycles. The molecule has 0 bridgehead atoms. The lowest BCUT2D eigenvalue weighted by Gasteiger charge is -2.22. The number of rotatable bonds is 9. The summed E-state index contributed by atoms with van der Waals surface area (Å²) in [7, 11) is 0. The Labute approximate surface area is 139 Å². The van der Waals surface area contributed by atoms with E-state index < -0.39 is 11.7 Å². The van der Waals surface area contributed by atoms with Crippen LogP contribution in [-0.4, -0.2) is 36.1 Å². The van der Waals surface area contributed by atoms with E-state index in [0.717, 1.165) is 18.4 Å². The molecule has 2 N–H and O–H groups in total. The van der Waals surface area contributed by atoms with E-state index in [2.05, 4.69) is 5.32 Å². The molecular formula is C18H29NO4. The summed E-state index contributed by atoms with van der Waals surface area (Å²) in [4.78, 5) is 11.7. The highest BCUT2D eigenvalue weighted by Crippen LogP contribution is 2.08. The average molecular weight is 323 g/mol. The molecule has 130 valence electrons. The van der Waals surface area contributed by atoms with Crippen molar-refractivity contribution < 1.29 is 19.4 Å². The predicted octanol–water partition coefficient (Wildman–Crippen LogP) is 3.26. The fourth-order valence-electron chi connectivity index (χ4n) is 2.04. The molecule has 1 rings (SSSR count). The lowest BCUT2D eigenvalue weighted by atomic mass is 10.1. The molecule has 0 aromatic heterocycles. The molecule has 1 aromatic carbocycles. The molecule has 1 atom stereocenters. The molecule has 0 aliphatic rings. The summed E-state index contributed by atoms with van der Waals surface area (Å²) in [5.41, 5.74) is 0.627. The third kappa shape index (κ3) is 9.92. The van der Waals surface area contributed by atoms with Crippen LogP contribution in [0.25, 0.3) is 0 Å². The zero-order valence-corrected chi connectivity index (χ0v) is 14.4. The summed E-state index contributed by atoms with van der Waals surface area (Å²) >= 11 is 0. The molecule has 5 heteroatoms. The molecule has 0 aliphatic heterocycles. The maximum absolute atomic E-state index is 11.7.